The molecule has 0 fully saturated rings. The number of halogens is 4. The lowest BCUT2D eigenvalue weighted by Gasteiger charge is -2.26. The SMILES string of the molecule is O=C1N=CC=C2c3nc(-c4ccccc4C(F)(F)F)[nH]c3-c3ccc(F)cc3C12. The van der Waals surface area contributed by atoms with E-state index in [2.05, 4.69) is 15.0 Å². The summed E-state index contributed by atoms with van der Waals surface area (Å²) in [6.07, 6.45) is -1.65. The number of hydrogen-bond donors (Lipinski definition) is 1. The van der Waals surface area contributed by atoms with Crippen LogP contribution < -0.4 is 0 Å². The third kappa shape index (κ3) is 2.63. The second kappa shape index (κ2) is 5.97. The van der Waals surface area contributed by atoms with Crippen LogP contribution in [-0.2, 0) is 11.0 Å². The number of hydrogen-bond acceptors (Lipinski definition) is 2. The van der Waals surface area contributed by atoms with Gasteiger partial charge in [-0.15, -0.1) is 0 Å². The Morgan fingerprint density at radius 2 is 1.83 bits per heavy atom. The maximum atomic E-state index is 13.9. The van der Waals surface area contributed by atoms with Gasteiger partial charge in [-0.2, -0.15) is 13.2 Å². The second-order valence-electron chi connectivity index (χ2n) is 6.76. The summed E-state index contributed by atoms with van der Waals surface area (Å²) in [5.41, 5.74) is 1.27. The highest BCUT2D eigenvalue weighted by Crippen LogP contribution is 2.48. The smallest absolute Gasteiger partial charge is 0.337 e. The minimum atomic E-state index is -4.56. The lowest BCUT2D eigenvalue weighted by atomic mass is 9.78. The van der Waals surface area contributed by atoms with Gasteiger partial charge >= 0.3 is 6.18 Å². The minimum Gasteiger partial charge on any atom is -0.337 e. The molecule has 0 saturated carbocycles. The summed E-state index contributed by atoms with van der Waals surface area (Å²) in [6, 6.07) is 9.09. The summed E-state index contributed by atoms with van der Waals surface area (Å²) in [4.78, 5) is 23.6. The van der Waals surface area contributed by atoms with Crippen molar-refractivity contribution in [3.63, 3.8) is 0 Å². The fourth-order valence-electron chi connectivity index (χ4n) is 3.85. The molecule has 1 amide bonds. The molecular formula is C21H11F4N3O. The molecule has 29 heavy (non-hydrogen) atoms. The number of aromatic amines is 1. The molecule has 3 aromatic rings. The first kappa shape index (κ1) is 17.5. The number of rotatable bonds is 1. The number of aliphatic imine (C=N–C) groups is 1. The number of aromatic nitrogens is 2. The van der Waals surface area contributed by atoms with Crippen molar-refractivity contribution < 1.29 is 22.4 Å². The Morgan fingerprint density at radius 1 is 1.03 bits per heavy atom. The monoisotopic (exact) mass is 397 g/mol. The third-order valence-electron chi connectivity index (χ3n) is 5.07. The van der Waals surface area contributed by atoms with E-state index >= 15 is 0 Å². The number of alkyl halides is 3. The van der Waals surface area contributed by atoms with Gasteiger partial charge < -0.3 is 4.98 Å². The van der Waals surface area contributed by atoms with Crippen molar-refractivity contribution >= 4 is 17.7 Å². The van der Waals surface area contributed by atoms with E-state index in [9.17, 15) is 22.4 Å². The van der Waals surface area contributed by atoms with Crippen LogP contribution in [0.4, 0.5) is 17.6 Å². The van der Waals surface area contributed by atoms with E-state index in [1.54, 1.807) is 6.08 Å². The van der Waals surface area contributed by atoms with Gasteiger partial charge in [0, 0.05) is 17.3 Å². The first-order valence-electron chi connectivity index (χ1n) is 8.69. The first-order chi connectivity index (χ1) is 13.8. The first-order valence-corrected chi connectivity index (χ1v) is 8.69. The van der Waals surface area contributed by atoms with Gasteiger partial charge in [0.1, 0.15) is 11.6 Å². The summed E-state index contributed by atoms with van der Waals surface area (Å²) < 4.78 is 54.3. The largest absolute Gasteiger partial charge is 0.417 e. The number of dihydropyridines is 1. The van der Waals surface area contributed by atoms with Crippen molar-refractivity contribution in [3.05, 3.63) is 71.2 Å². The van der Waals surface area contributed by atoms with Crippen molar-refractivity contribution in [2.24, 2.45) is 4.99 Å². The Bertz CT molecular complexity index is 1240. The molecular weight excluding hydrogens is 386 g/mol. The quantitative estimate of drug-likeness (QED) is 0.588. The fraction of sp³-hybridized carbons (Fsp3) is 0.0952. The lowest BCUT2D eigenvalue weighted by Crippen LogP contribution is -2.20. The standard InChI is InChI=1S/C21H11F4N3O/c22-10-5-6-11-14(9-10)16-13(7-8-26-20(16)29)18-17(11)27-19(28-18)12-3-1-2-4-15(12)21(23,24)25/h1-9,16H,(H,27,28). The predicted octanol–water partition coefficient (Wildman–Crippen LogP) is 4.99. The number of H-pyrrole nitrogens is 1. The zero-order valence-corrected chi connectivity index (χ0v) is 14.6. The molecule has 2 aliphatic rings. The Labute approximate surface area is 161 Å². The van der Waals surface area contributed by atoms with Crippen LogP contribution in [0.2, 0.25) is 0 Å². The predicted molar refractivity (Wildman–Crippen MR) is 98.6 cm³/mol. The summed E-state index contributed by atoms with van der Waals surface area (Å²) >= 11 is 0. The van der Waals surface area contributed by atoms with Crippen LogP contribution in [0.1, 0.15) is 22.7 Å². The number of benzene rings is 2. The highest BCUT2D eigenvalue weighted by Gasteiger charge is 2.39. The second-order valence-corrected chi connectivity index (χ2v) is 6.76. The van der Waals surface area contributed by atoms with Crippen LogP contribution in [0.5, 0.6) is 0 Å². The summed E-state index contributed by atoms with van der Waals surface area (Å²) in [6.45, 7) is 0. The molecule has 2 aromatic carbocycles. The summed E-state index contributed by atoms with van der Waals surface area (Å²) in [7, 11) is 0. The number of allylic oxidation sites excluding steroid dienone is 1. The molecule has 1 unspecified atom stereocenters. The fourth-order valence-corrected chi connectivity index (χ4v) is 3.85. The number of nitrogens with zero attached hydrogens (tertiary/aromatic N) is 2. The molecule has 0 bridgehead atoms. The molecule has 8 heteroatoms. The number of fused-ring (bicyclic) bond motifs is 6. The Kier molecular flexibility index (Phi) is 3.61. The number of carbonyl (C=O) groups excluding carboxylic acids is 1. The van der Waals surface area contributed by atoms with Gasteiger partial charge in [-0.05, 0) is 41.5 Å². The van der Waals surface area contributed by atoms with Crippen molar-refractivity contribution in [2.75, 3.05) is 0 Å². The third-order valence-corrected chi connectivity index (χ3v) is 5.07. The lowest BCUT2D eigenvalue weighted by molar-refractivity contribution is -0.137. The van der Waals surface area contributed by atoms with Gasteiger partial charge in [0.15, 0.2) is 0 Å². The average Bonchev–Trinajstić information content (AvgIpc) is 3.13. The minimum absolute atomic E-state index is 0.0229. The van der Waals surface area contributed by atoms with Gasteiger partial charge in [-0.25, -0.2) is 14.4 Å². The van der Waals surface area contributed by atoms with Crippen LogP contribution in [0, 0.1) is 5.82 Å². The summed E-state index contributed by atoms with van der Waals surface area (Å²) in [5, 5.41) is 0. The maximum Gasteiger partial charge on any atom is 0.417 e. The number of amides is 1. The molecule has 144 valence electrons. The number of carbonyl (C=O) groups is 1. The highest BCUT2D eigenvalue weighted by molar-refractivity contribution is 6.12. The van der Waals surface area contributed by atoms with E-state index in [0.717, 1.165) is 6.07 Å². The maximum absolute atomic E-state index is 13.9. The Morgan fingerprint density at radius 3 is 2.62 bits per heavy atom. The molecule has 1 aliphatic carbocycles. The molecule has 4 nitrogen and oxygen atoms in total. The molecule has 1 aromatic heterocycles. The van der Waals surface area contributed by atoms with Crippen molar-refractivity contribution in [2.45, 2.75) is 12.1 Å². The average molecular weight is 397 g/mol. The van der Waals surface area contributed by atoms with Gasteiger partial charge in [0.05, 0.1) is 22.9 Å². The van der Waals surface area contributed by atoms with Gasteiger partial charge in [0.25, 0.3) is 5.91 Å². The van der Waals surface area contributed by atoms with Crippen molar-refractivity contribution in [1.82, 2.24) is 9.97 Å². The van der Waals surface area contributed by atoms with Crippen LogP contribution in [0.25, 0.3) is 28.2 Å². The molecule has 1 N–H and O–H groups in total. The van der Waals surface area contributed by atoms with Crippen LogP contribution in [-0.4, -0.2) is 22.1 Å². The van der Waals surface area contributed by atoms with Crippen LogP contribution in [0.3, 0.4) is 0 Å². The number of imidazole rings is 1. The van der Waals surface area contributed by atoms with Gasteiger partial charge in [-0.1, -0.05) is 18.2 Å². The van der Waals surface area contributed by atoms with E-state index < -0.39 is 29.4 Å². The number of nitrogens with one attached hydrogen (secondary N) is 1. The zero-order valence-electron chi connectivity index (χ0n) is 14.6. The van der Waals surface area contributed by atoms with E-state index in [-0.39, 0.29) is 11.4 Å². The van der Waals surface area contributed by atoms with Gasteiger partial charge in [-0.3, -0.25) is 4.79 Å². The molecule has 2 heterocycles. The Hall–Kier alpha value is -3.55. The topological polar surface area (TPSA) is 58.1 Å². The van der Waals surface area contributed by atoms with Gasteiger partial charge in [0.2, 0.25) is 0 Å². The van der Waals surface area contributed by atoms with Crippen LogP contribution >= 0.6 is 0 Å². The summed E-state index contributed by atoms with van der Waals surface area (Å²) in [5.74, 6) is -1.81. The Balaban J connectivity index is 1.78. The van der Waals surface area contributed by atoms with Crippen molar-refractivity contribution in [3.8, 4) is 22.6 Å². The van der Waals surface area contributed by atoms with E-state index in [0.29, 0.717) is 28.1 Å². The molecule has 5 rings (SSSR count). The molecule has 1 atom stereocenters. The van der Waals surface area contributed by atoms with Crippen LogP contribution in [0.15, 0.2) is 53.5 Å². The van der Waals surface area contributed by atoms with Crippen molar-refractivity contribution in [1.29, 1.82) is 0 Å². The molecule has 0 spiro atoms. The highest BCUT2D eigenvalue weighted by atomic mass is 19.4. The molecule has 0 saturated heterocycles. The van der Waals surface area contributed by atoms with E-state index in [4.69, 9.17) is 0 Å². The molecule has 0 radical (unpaired) electrons. The zero-order chi connectivity index (χ0) is 20.3. The normalized spacial score (nSPS) is 17.4. The molecule has 1 aliphatic heterocycles. The van der Waals surface area contributed by atoms with E-state index in [1.807, 2.05) is 0 Å². The van der Waals surface area contributed by atoms with E-state index in [1.165, 1.54) is 42.6 Å².